The maximum atomic E-state index is 13.7. The smallest absolute Gasteiger partial charge is 0.302 e. The van der Waals surface area contributed by atoms with E-state index in [-0.39, 0.29) is 35.1 Å². The van der Waals surface area contributed by atoms with Gasteiger partial charge in [0.1, 0.15) is 6.16 Å². The number of carbonyl (C=O) groups is 2. The summed E-state index contributed by atoms with van der Waals surface area (Å²) in [5, 5.41) is 11.2. The van der Waals surface area contributed by atoms with Crippen molar-refractivity contribution in [3.8, 4) is 0 Å². The molecule has 5 nitrogen and oxygen atoms in total. The molecule has 0 radical (unpaired) electrons. The molecule has 0 heterocycles. The van der Waals surface area contributed by atoms with E-state index in [0.717, 1.165) is 25.7 Å². The number of hydrogen-bond donors (Lipinski definition) is 1. The van der Waals surface area contributed by atoms with Crippen molar-refractivity contribution in [1.82, 2.24) is 0 Å². The van der Waals surface area contributed by atoms with E-state index in [4.69, 9.17) is 0 Å². The lowest BCUT2D eigenvalue weighted by Gasteiger charge is -2.41. The normalized spacial score (nSPS) is 13.1. The number of carbonyl (C=O) groups excluding carboxylic acids is 2. The summed E-state index contributed by atoms with van der Waals surface area (Å²) < 4.78 is -0.0492. The van der Waals surface area contributed by atoms with E-state index in [1.165, 1.54) is 77.0 Å². The van der Waals surface area contributed by atoms with Gasteiger partial charge in [0, 0.05) is 12.8 Å². The van der Waals surface area contributed by atoms with Crippen LogP contribution in [0.4, 0.5) is 0 Å². The summed E-state index contributed by atoms with van der Waals surface area (Å²) in [6, 6.07) is 0. The van der Waals surface area contributed by atoms with Crippen molar-refractivity contribution >= 4 is 24.8 Å². The van der Waals surface area contributed by atoms with E-state index in [9.17, 15) is 19.6 Å². The van der Waals surface area contributed by atoms with Gasteiger partial charge in [0.05, 0.1) is 28.9 Å². The first-order valence-electron chi connectivity index (χ1n) is 15.5. The first-order chi connectivity index (χ1) is 17.6. The molecule has 218 valence electrons. The number of hydrogen-bond acceptors (Lipinski definition) is 3. The quantitative estimate of drug-likeness (QED) is 0.0555. The second-order valence-corrected chi connectivity index (χ2v) is 13.6. The summed E-state index contributed by atoms with van der Waals surface area (Å²) in [6.45, 7) is 6.17. The predicted molar refractivity (Wildman–Crippen MR) is 159 cm³/mol. The van der Waals surface area contributed by atoms with Gasteiger partial charge < -0.3 is 14.5 Å². The number of nitrogens with zero attached hydrogens (tertiary/aromatic N) is 1. The molecule has 0 aliphatic rings. The first-order valence-corrected chi connectivity index (χ1v) is 16.9. The molecule has 37 heavy (non-hydrogen) atoms. The van der Waals surface area contributed by atoms with Crippen LogP contribution >= 0.6 is 7.77 Å². The Labute approximate surface area is 230 Å². The lowest BCUT2D eigenvalue weighted by molar-refractivity contribution is -0.891. The molecule has 0 saturated carbocycles. The molecule has 0 rings (SSSR count). The van der Waals surface area contributed by atoms with Gasteiger partial charge in [-0.3, -0.25) is 9.59 Å². The summed E-state index contributed by atoms with van der Waals surface area (Å²) >= 11 is 0. The van der Waals surface area contributed by atoms with Gasteiger partial charge in [-0.05, 0) is 19.8 Å². The molecular weight excluding hydrogens is 481 g/mol. The lowest BCUT2D eigenvalue weighted by Crippen LogP contribution is -2.71. The Hall–Kier alpha value is -0.610. The largest absolute Gasteiger partial charge is 0.628 e. The fourth-order valence-corrected chi connectivity index (χ4v) is 6.55. The molecule has 0 spiro atoms. The minimum Gasteiger partial charge on any atom is -0.628 e. The highest BCUT2D eigenvalue weighted by Gasteiger charge is 2.62. The van der Waals surface area contributed by atoms with E-state index in [1.807, 2.05) is 0 Å². The average Bonchev–Trinajstić information content (AvgIpc) is 2.85. The van der Waals surface area contributed by atoms with Crippen LogP contribution in [0.1, 0.15) is 149 Å². The molecule has 0 aliphatic carbocycles. The van der Waals surface area contributed by atoms with Gasteiger partial charge in [0.2, 0.25) is 11.6 Å². The minimum absolute atomic E-state index is 0.0492. The van der Waals surface area contributed by atoms with E-state index >= 15 is 0 Å². The van der Waals surface area contributed by atoms with Crippen molar-refractivity contribution in [2.75, 3.05) is 27.3 Å². The van der Waals surface area contributed by atoms with Gasteiger partial charge in [0.25, 0.3) is 5.48 Å². The molecule has 1 N–H and O–H groups in total. The third-order valence-corrected chi connectivity index (χ3v) is 9.05. The maximum Gasteiger partial charge on any atom is 0.302 e. The highest BCUT2D eigenvalue weighted by molar-refractivity contribution is 7.51. The second-order valence-electron chi connectivity index (χ2n) is 11.7. The van der Waals surface area contributed by atoms with Gasteiger partial charge in [0.15, 0.2) is 0 Å². The monoisotopic (exact) mass is 542 g/mol. The number of quaternary nitrogens is 1. The van der Waals surface area contributed by atoms with Crippen LogP contribution in [-0.2, 0) is 9.59 Å². The maximum absolute atomic E-state index is 13.7. The molecule has 0 aromatic heterocycles. The van der Waals surface area contributed by atoms with Crippen molar-refractivity contribution < 1.29 is 24.1 Å². The van der Waals surface area contributed by atoms with Crippen molar-refractivity contribution in [2.45, 2.75) is 155 Å². The van der Waals surface area contributed by atoms with Crippen LogP contribution in [0.5, 0.6) is 0 Å². The molecule has 0 fully saturated rings. The SMILES string of the molecule is CCCCCCCCCCCC(=O)C(C(=O)CCCCCCCCCCC)(C(O)=[P+]([O-])CC)[N+](C)(C)C. The van der Waals surface area contributed by atoms with Gasteiger partial charge in [-0.2, -0.15) is 0 Å². The standard InChI is InChI=1S/C31H60NO4P/c1-7-10-12-14-16-18-20-22-24-26-28(33)31(32(4,5)6,30(35)37(36)9-3)29(34)27-25-23-21-19-17-15-13-11-8-2/h7-27H2,1-6H3/p+1. The lowest BCUT2D eigenvalue weighted by atomic mass is 9.81. The van der Waals surface area contributed by atoms with Crippen molar-refractivity contribution in [2.24, 2.45) is 0 Å². The van der Waals surface area contributed by atoms with E-state index < -0.39 is 18.8 Å². The minimum atomic E-state index is -2.16. The van der Waals surface area contributed by atoms with Crippen LogP contribution in [-0.4, -0.2) is 59.5 Å². The predicted octanol–water partition coefficient (Wildman–Crippen LogP) is 7.69. The van der Waals surface area contributed by atoms with Crippen LogP contribution in [0, 0.1) is 0 Å². The summed E-state index contributed by atoms with van der Waals surface area (Å²) in [4.78, 5) is 40.3. The third-order valence-electron chi connectivity index (χ3n) is 7.68. The highest BCUT2D eigenvalue weighted by Crippen LogP contribution is 2.33. The number of unbranched alkanes of at least 4 members (excludes halogenated alkanes) is 16. The molecule has 1 unspecified atom stereocenters. The summed E-state index contributed by atoms with van der Waals surface area (Å²) in [6.07, 6.45) is 21.2. The molecular formula is C31H61NO4P+. The number of Topliss-reactive ketones (excluding diaryl/α,β-unsaturated/α-hetero) is 2. The van der Waals surface area contributed by atoms with E-state index in [2.05, 4.69) is 13.8 Å². The van der Waals surface area contributed by atoms with Gasteiger partial charge in [-0.15, -0.1) is 0 Å². The molecule has 0 saturated heterocycles. The van der Waals surface area contributed by atoms with Gasteiger partial charge in [-0.1, -0.05) is 117 Å². The Balaban J connectivity index is 5.14. The summed E-state index contributed by atoms with van der Waals surface area (Å²) in [5.74, 6) is -0.531. The first kappa shape index (κ1) is 36.4. The fourth-order valence-electron chi connectivity index (χ4n) is 5.34. The van der Waals surface area contributed by atoms with Crippen LogP contribution in [0.15, 0.2) is 0 Å². The molecule has 0 bridgehead atoms. The fraction of sp³-hybridized carbons (Fsp3) is 0.903. The van der Waals surface area contributed by atoms with Crippen LogP contribution in [0.3, 0.4) is 0 Å². The number of rotatable bonds is 25. The number of ketones is 2. The molecule has 0 aliphatic heterocycles. The Morgan fingerprint density at radius 1 is 0.622 bits per heavy atom. The van der Waals surface area contributed by atoms with Crippen LogP contribution < -0.4 is 4.89 Å². The molecule has 6 heteroatoms. The zero-order chi connectivity index (χ0) is 28.2. The topological polar surface area (TPSA) is 77.4 Å². The molecule has 0 aromatic rings. The van der Waals surface area contributed by atoms with Crippen LogP contribution in [0.25, 0.3) is 0 Å². The van der Waals surface area contributed by atoms with Crippen molar-refractivity contribution in [1.29, 1.82) is 0 Å². The van der Waals surface area contributed by atoms with Crippen LogP contribution in [0.2, 0.25) is 0 Å². The van der Waals surface area contributed by atoms with Crippen molar-refractivity contribution in [3.05, 3.63) is 0 Å². The zero-order valence-electron chi connectivity index (χ0n) is 25.4. The molecule has 0 amide bonds. The summed E-state index contributed by atoms with van der Waals surface area (Å²) in [7, 11) is 3.17. The third kappa shape index (κ3) is 13.3. The zero-order valence-corrected chi connectivity index (χ0v) is 26.3. The van der Waals surface area contributed by atoms with Crippen molar-refractivity contribution in [3.63, 3.8) is 0 Å². The molecule has 1 atom stereocenters. The summed E-state index contributed by atoms with van der Waals surface area (Å²) in [5.41, 5.74) is -2.14. The Kier molecular flexibility index (Phi) is 20.9. The second kappa shape index (κ2) is 21.2. The number of likely N-dealkylation sites (N-methyl/N-ethyl adjacent to an activating group) is 1. The Morgan fingerprint density at radius 3 is 1.19 bits per heavy atom. The van der Waals surface area contributed by atoms with Gasteiger partial charge in [-0.25, -0.2) is 0 Å². The average molecular weight is 543 g/mol. The number of aliphatic hydroxyl groups excluding tert-OH is 1. The van der Waals surface area contributed by atoms with Gasteiger partial charge >= 0.3 is 5.54 Å². The number of aliphatic hydroxyl groups is 1. The van der Waals surface area contributed by atoms with E-state index in [0.29, 0.717) is 12.8 Å². The Morgan fingerprint density at radius 2 is 0.919 bits per heavy atom. The van der Waals surface area contributed by atoms with E-state index in [1.54, 1.807) is 28.1 Å². The highest BCUT2D eigenvalue weighted by atomic mass is 31.1. The molecule has 0 aromatic carbocycles. The Bertz CT molecular complexity index is 620.